The molecule has 0 unspecified atom stereocenters. The van der Waals surface area contributed by atoms with Crippen molar-refractivity contribution in [1.29, 1.82) is 0 Å². The molecule has 0 radical (unpaired) electrons. The average molecular weight is 345 g/mol. The van der Waals surface area contributed by atoms with Crippen molar-refractivity contribution >= 4 is 5.91 Å². The van der Waals surface area contributed by atoms with Crippen molar-refractivity contribution in [3.63, 3.8) is 0 Å². The number of terminal acetylenes is 1. The van der Waals surface area contributed by atoms with Gasteiger partial charge in [0.05, 0.1) is 19.8 Å². The third kappa shape index (κ3) is 4.37. The van der Waals surface area contributed by atoms with Gasteiger partial charge in [-0.1, -0.05) is 18.1 Å². The predicted molar refractivity (Wildman–Crippen MR) is 93.4 cm³/mol. The van der Waals surface area contributed by atoms with E-state index < -0.39 is 6.04 Å². The topological polar surface area (TPSA) is 36.0 Å². The molecule has 0 saturated carbocycles. The first kappa shape index (κ1) is 17.9. The summed E-state index contributed by atoms with van der Waals surface area (Å²) >= 11 is 0. The van der Waals surface area contributed by atoms with Gasteiger partial charge in [-0.3, -0.25) is 14.6 Å². The second-order valence-electron chi connectivity index (χ2n) is 6.41. The summed E-state index contributed by atoms with van der Waals surface area (Å²) in [7, 11) is 0. The molecule has 0 aliphatic carbocycles. The Balaban J connectivity index is 1.77. The van der Waals surface area contributed by atoms with E-state index in [0.29, 0.717) is 51.5 Å². The van der Waals surface area contributed by atoms with E-state index in [1.807, 2.05) is 11.0 Å². The number of benzene rings is 1. The van der Waals surface area contributed by atoms with Crippen molar-refractivity contribution in [2.45, 2.75) is 6.04 Å². The van der Waals surface area contributed by atoms with Gasteiger partial charge in [-0.25, -0.2) is 4.39 Å². The lowest BCUT2D eigenvalue weighted by atomic mass is 10.0. The SMILES string of the molecule is C#CCN1CCN(C(=O)[C@H](c2cccc(F)c2)N2CCOCC2)CC1. The number of morpholine rings is 1. The molecule has 0 bridgehead atoms. The Hall–Kier alpha value is -1.94. The Morgan fingerprint density at radius 3 is 2.56 bits per heavy atom. The summed E-state index contributed by atoms with van der Waals surface area (Å²) in [6, 6.07) is 5.90. The van der Waals surface area contributed by atoms with Crippen molar-refractivity contribution in [3.05, 3.63) is 35.6 Å². The van der Waals surface area contributed by atoms with Gasteiger partial charge in [0.2, 0.25) is 5.91 Å². The average Bonchev–Trinajstić information content (AvgIpc) is 2.64. The number of rotatable bonds is 4. The summed E-state index contributed by atoms with van der Waals surface area (Å²) in [5, 5.41) is 0. The molecule has 1 amide bonds. The van der Waals surface area contributed by atoms with E-state index in [0.717, 1.165) is 13.1 Å². The van der Waals surface area contributed by atoms with Crippen LogP contribution in [0.1, 0.15) is 11.6 Å². The molecular weight excluding hydrogens is 321 g/mol. The summed E-state index contributed by atoms with van der Waals surface area (Å²) in [5.74, 6) is 2.36. The van der Waals surface area contributed by atoms with Crippen LogP contribution in [0.2, 0.25) is 0 Å². The number of carbonyl (C=O) groups excluding carboxylic acids is 1. The number of carbonyl (C=O) groups is 1. The number of amides is 1. The quantitative estimate of drug-likeness (QED) is 0.762. The van der Waals surface area contributed by atoms with Crippen LogP contribution in [0.25, 0.3) is 0 Å². The highest BCUT2D eigenvalue weighted by atomic mass is 19.1. The molecule has 1 aromatic carbocycles. The Bertz CT molecular complexity index is 632. The zero-order valence-electron chi connectivity index (χ0n) is 14.4. The number of halogens is 1. The first-order valence-electron chi connectivity index (χ1n) is 8.71. The van der Waals surface area contributed by atoms with E-state index in [2.05, 4.69) is 15.7 Å². The van der Waals surface area contributed by atoms with E-state index in [1.165, 1.54) is 12.1 Å². The van der Waals surface area contributed by atoms with Crippen molar-refractivity contribution in [1.82, 2.24) is 14.7 Å². The monoisotopic (exact) mass is 345 g/mol. The Labute approximate surface area is 148 Å². The standard InChI is InChI=1S/C19H24FN3O2/c1-2-6-21-7-9-23(10-8-21)19(24)18(22-11-13-25-14-12-22)16-4-3-5-17(20)15-16/h1,3-5,15,18H,6-14H2/t18-/m0/s1. The van der Waals surface area contributed by atoms with Crippen molar-refractivity contribution in [3.8, 4) is 12.3 Å². The number of hydrogen-bond donors (Lipinski definition) is 0. The highest BCUT2D eigenvalue weighted by Gasteiger charge is 2.33. The summed E-state index contributed by atoms with van der Waals surface area (Å²) in [6.45, 7) is 5.98. The Kier molecular flexibility index (Phi) is 6.03. The maximum Gasteiger partial charge on any atom is 0.244 e. The first-order valence-corrected chi connectivity index (χ1v) is 8.71. The summed E-state index contributed by atoms with van der Waals surface area (Å²) in [5.41, 5.74) is 0.706. The van der Waals surface area contributed by atoms with Gasteiger partial charge in [-0.2, -0.15) is 0 Å². The van der Waals surface area contributed by atoms with Crippen LogP contribution in [0.15, 0.2) is 24.3 Å². The third-order valence-electron chi connectivity index (χ3n) is 4.81. The van der Waals surface area contributed by atoms with E-state index in [-0.39, 0.29) is 11.7 Å². The largest absolute Gasteiger partial charge is 0.379 e. The van der Waals surface area contributed by atoms with Crippen LogP contribution in [0.5, 0.6) is 0 Å². The molecule has 1 aromatic rings. The van der Waals surface area contributed by atoms with Crippen LogP contribution < -0.4 is 0 Å². The van der Waals surface area contributed by atoms with Gasteiger partial charge < -0.3 is 9.64 Å². The zero-order chi connectivity index (χ0) is 17.6. The molecule has 1 atom stereocenters. The minimum Gasteiger partial charge on any atom is -0.379 e. The maximum atomic E-state index is 13.7. The Morgan fingerprint density at radius 2 is 1.92 bits per heavy atom. The molecule has 5 nitrogen and oxygen atoms in total. The fourth-order valence-corrected chi connectivity index (χ4v) is 3.45. The normalized spacial score (nSPS) is 20.9. The highest BCUT2D eigenvalue weighted by molar-refractivity contribution is 5.83. The number of nitrogens with zero attached hydrogens (tertiary/aromatic N) is 3. The summed E-state index contributed by atoms with van der Waals surface area (Å²) in [4.78, 5) is 19.4. The molecule has 6 heteroatoms. The molecule has 2 aliphatic heterocycles. The van der Waals surface area contributed by atoms with Gasteiger partial charge in [-0.15, -0.1) is 6.42 Å². The molecule has 2 fully saturated rings. The van der Waals surface area contributed by atoms with E-state index in [4.69, 9.17) is 11.2 Å². The van der Waals surface area contributed by atoms with Gasteiger partial charge in [0, 0.05) is 39.3 Å². The molecule has 3 rings (SSSR count). The van der Waals surface area contributed by atoms with Gasteiger partial charge in [0.1, 0.15) is 11.9 Å². The van der Waals surface area contributed by atoms with Crippen LogP contribution in [-0.2, 0) is 9.53 Å². The minimum atomic E-state index is -0.459. The maximum absolute atomic E-state index is 13.7. The zero-order valence-corrected chi connectivity index (χ0v) is 14.4. The summed E-state index contributed by atoms with van der Waals surface area (Å²) < 4.78 is 19.2. The molecule has 0 aromatic heterocycles. The Morgan fingerprint density at radius 1 is 1.20 bits per heavy atom. The van der Waals surface area contributed by atoms with E-state index in [1.54, 1.807) is 6.07 Å². The second-order valence-corrected chi connectivity index (χ2v) is 6.41. The van der Waals surface area contributed by atoms with Crippen LogP contribution in [0.4, 0.5) is 4.39 Å². The van der Waals surface area contributed by atoms with Gasteiger partial charge in [0.15, 0.2) is 0 Å². The van der Waals surface area contributed by atoms with Crippen molar-refractivity contribution in [2.75, 3.05) is 59.0 Å². The molecular formula is C19H24FN3O2. The fraction of sp³-hybridized carbons (Fsp3) is 0.526. The van der Waals surface area contributed by atoms with Crippen LogP contribution >= 0.6 is 0 Å². The lowest BCUT2D eigenvalue weighted by Gasteiger charge is -2.40. The molecule has 2 aliphatic rings. The fourth-order valence-electron chi connectivity index (χ4n) is 3.45. The summed E-state index contributed by atoms with van der Waals surface area (Å²) in [6.07, 6.45) is 5.36. The van der Waals surface area contributed by atoms with Gasteiger partial charge in [-0.05, 0) is 17.7 Å². The molecule has 0 spiro atoms. The molecule has 25 heavy (non-hydrogen) atoms. The smallest absolute Gasteiger partial charge is 0.244 e. The predicted octanol–water partition coefficient (Wildman–Crippen LogP) is 0.976. The third-order valence-corrected chi connectivity index (χ3v) is 4.81. The molecule has 0 N–H and O–H groups in total. The second kappa shape index (κ2) is 8.43. The van der Waals surface area contributed by atoms with E-state index >= 15 is 0 Å². The number of hydrogen-bond acceptors (Lipinski definition) is 4. The lowest BCUT2D eigenvalue weighted by Crippen LogP contribution is -2.53. The lowest BCUT2D eigenvalue weighted by molar-refractivity contribution is -0.140. The molecule has 2 heterocycles. The van der Waals surface area contributed by atoms with Crippen molar-refractivity contribution in [2.24, 2.45) is 0 Å². The molecule has 2 saturated heterocycles. The van der Waals surface area contributed by atoms with Crippen LogP contribution in [0, 0.1) is 18.2 Å². The van der Waals surface area contributed by atoms with Gasteiger partial charge >= 0.3 is 0 Å². The van der Waals surface area contributed by atoms with Crippen molar-refractivity contribution < 1.29 is 13.9 Å². The molecule has 134 valence electrons. The van der Waals surface area contributed by atoms with Crippen LogP contribution in [0.3, 0.4) is 0 Å². The minimum absolute atomic E-state index is 0.0351. The highest BCUT2D eigenvalue weighted by Crippen LogP contribution is 2.25. The van der Waals surface area contributed by atoms with E-state index in [9.17, 15) is 9.18 Å². The first-order chi connectivity index (χ1) is 12.2. The van der Waals surface area contributed by atoms with Crippen LogP contribution in [-0.4, -0.2) is 79.6 Å². The number of ether oxygens (including phenoxy) is 1. The van der Waals surface area contributed by atoms with Gasteiger partial charge in [0.25, 0.3) is 0 Å². The number of piperazine rings is 1.